The summed E-state index contributed by atoms with van der Waals surface area (Å²) in [5, 5.41) is 2.55. The zero-order chi connectivity index (χ0) is 17.9. The van der Waals surface area contributed by atoms with Gasteiger partial charge in [-0.25, -0.2) is 0 Å². The van der Waals surface area contributed by atoms with Crippen LogP contribution in [0.4, 0.5) is 5.69 Å². The first kappa shape index (κ1) is 19.7. The van der Waals surface area contributed by atoms with Gasteiger partial charge in [-0.1, -0.05) is 0 Å². The normalized spacial score (nSPS) is 10.2. The van der Waals surface area contributed by atoms with Crippen molar-refractivity contribution in [3.05, 3.63) is 18.2 Å². The topological polar surface area (TPSA) is 86.3 Å². The van der Waals surface area contributed by atoms with E-state index < -0.39 is 11.8 Å². The van der Waals surface area contributed by atoms with Crippen molar-refractivity contribution in [2.45, 2.75) is 0 Å². The Labute approximate surface area is 141 Å². The van der Waals surface area contributed by atoms with E-state index in [1.807, 2.05) is 0 Å². The molecule has 0 fully saturated rings. The number of rotatable bonds is 9. The lowest BCUT2D eigenvalue weighted by Gasteiger charge is -2.21. The maximum Gasteiger partial charge on any atom is 0.314 e. The van der Waals surface area contributed by atoms with Crippen LogP contribution in [0, 0.1) is 0 Å². The average molecular weight is 340 g/mol. The zero-order valence-electron chi connectivity index (χ0n) is 14.5. The number of nitrogens with zero attached hydrogens (tertiary/aromatic N) is 1. The molecule has 0 aliphatic rings. The highest BCUT2D eigenvalue weighted by atomic mass is 16.5. The van der Waals surface area contributed by atoms with Crippen LogP contribution in [-0.2, 0) is 19.1 Å². The molecule has 0 saturated heterocycles. The Hall–Kier alpha value is -2.32. The van der Waals surface area contributed by atoms with Crippen molar-refractivity contribution in [1.82, 2.24) is 4.90 Å². The van der Waals surface area contributed by atoms with Crippen LogP contribution in [0.2, 0.25) is 0 Å². The molecule has 0 heterocycles. The molecule has 0 aromatic heterocycles. The molecule has 24 heavy (non-hydrogen) atoms. The molecule has 0 radical (unpaired) electrons. The maximum absolute atomic E-state index is 12.3. The van der Waals surface area contributed by atoms with Crippen LogP contribution in [-0.4, -0.2) is 71.5 Å². The van der Waals surface area contributed by atoms with Gasteiger partial charge in [0.1, 0.15) is 11.5 Å². The third-order valence-corrected chi connectivity index (χ3v) is 3.27. The summed E-state index contributed by atoms with van der Waals surface area (Å²) in [5.74, 6) is -0.443. The zero-order valence-corrected chi connectivity index (χ0v) is 14.5. The number of anilines is 1. The first-order valence-electron chi connectivity index (χ1n) is 7.37. The van der Waals surface area contributed by atoms with E-state index in [2.05, 4.69) is 5.32 Å². The number of benzene rings is 1. The smallest absolute Gasteiger partial charge is 0.314 e. The minimum Gasteiger partial charge on any atom is -0.497 e. The molecule has 1 aromatic carbocycles. The maximum atomic E-state index is 12.3. The van der Waals surface area contributed by atoms with E-state index in [9.17, 15) is 9.59 Å². The lowest BCUT2D eigenvalue weighted by Crippen LogP contribution is -2.43. The molecule has 0 unspecified atom stereocenters. The molecule has 1 aromatic rings. The second-order valence-corrected chi connectivity index (χ2v) is 4.80. The predicted octanol–water partition coefficient (Wildman–Crippen LogP) is 0.764. The number of nitrogens with one attached hydrogen (secondary N) is 1. The van der Waals surface area contributed by atoms with Gasteiger partial charge in [0.15, 0.2) is 0 Å². The van der Waals surface area contributed by atoms with Gasteiger partial charge >= 0.3 is 11.8 Å². The first-order valence-corrected chi connectivity index (χ1v) is 7.37. The van der Waals surface area contributed by atoms with Crippen molar-refractivity contribution in [3.8, 4) is 11.5 Å². The van der Waals surface area contributed by atoms with Gasteiger partial charge in [0, 0.05) is 33.4 Å². The number of methoxy groups -OCH3 is 4. The predicted molar refractivity (Wildman–Crippen MR) is 88.5 cm³/mol. The van der Waals surface area contributed by atoms with Gasteiger partial charge in [0.2, 0.25) is 0 Å². The monoisotopic (exact) mass is 340 g/mol. The highest BCUT2D eigenvalue weighted by molar-refractivity contribution is 6.39. The second-order valence-electron chi connectivity index (χ2n) is 4.80. The highest BCUT2D eigenvalue weighted by Crippen LogP contribution is 2.28. The third kappa shape index (κ3) is 5.71. The minimum absolute atomic E-state index is 0.297. The average Bonchev–Trinajstić information content (AvgIpc) is 2.61. The van der Waals surface area contributed by atoms with Crippen LogP contribution in [0.15, 0.2) is 18.2 Å². The standard InChI is InChI=1S/C16H24N2O6/c1-21-9-7-18(8-10-22-2)16(20)15(19)17-13-6-5-12(23-3)11-14(13)24-4/h5-6,11H,7-10H2,1-4H3,(H,17,19). The van der Waals surface area contributed by atoms with Crippen molar-refractivity contribution in [2.75, 3.05) is 60.1 Å². The second kappa shape index (κ2) is 10.5. The van der Waals surface area contributed by atoms with Crippen molar-refractivity contribution in [2.24, 2.45) is 0 Å². The SMILES string of the molecule is COCCN(CCOC)C(=O)C(=O)Nc1ccc(OC)cc1OC. The van der Waals surface area contributed by atoms with Gasteiger partial charge in [0.25, 0.3) is 0 Å². The van der Waals surface area contributed by atoms with E-state index in [-0.39, 0.29) is 0 Å². The van der Waals surface area contributed by atoms with Crippen molar-refractivity contribution < 1.29 is 28.5 Å². The molecule has 0 spiro atoms. The van der Waals surface area contributed by atoms with Crippen molar-refractivity contribution >= 4 is 17.5 Å². The van der Waals surface area contributed by atoms with E-state index in [1.165, 1.54) is 33.3 Å². The fourth-order valence-corrected chi connectivity index (χ4v) is 1.94. The van der Waals surface area contributed by atoms with Crippen LogP contribution >= 0.6 is 0 Å². The summed E-state index contributed by atoms with van der Waals surface area (Å²) in [6.45, 7) is 1.25. The van der Waals surface area contributed by atoms with E-state index in [0.717, 1.165) is 0 Å². The molecular formula is C16H24N2O6. The largest absolute Gasteiger partial charge is 0.497 e. The van der Waals surface area contributed by atoms with Gasteiger partial charge in [-0.3, -0.25) is 9.59 Å². The Balaban J connectivity index is 2.81. The molecular weight excluding hydrogens is 316 g/mol. The van der Waals surface area contributed by atoms with E-state index in [4.69, 9.17) is 18.9 Å². The Kier molecular flexibility index (Phi) is 8.59. The molecule has 8 nitrogen and oxygen atoms in total. The number of carbonyl (C=O) groups excluding carboxylic acids is 2. The molecule has 8 heteroatoms. The molecule has 0 bridgehead atoms. The summed E-state index contributed by atoms with van der Waals surface area (Å²) >= 11 is 0. The van der Waals surface area contributed by atoms with Crippen LogP contribution in [0.3, 0.4) is 0 Å². The van der Waals surface area contributed by atoms with Crippen molar-refractivity contribution in [3.63, 3.8) is 0 Å². The van der Waals surface area contributed by atoms with Crippen LogP contribution in [0.25, 0.3) is 0 Å². The molecule has 1 N–H and O–H groups in total. The summed E-state index contributed by atoms with van der Waals surface area (Å²) in [4.78, 5) is 25.9. The minimum atomic E-state index is -0.759. The Bertz CT molecular complexity index is 541. The first-order chi connectivity index (χ1) is 11.6. The van der Waals surface area contributed by atoms with Crippen molar-refractivity contribution in [1.29, 1.82) is 0 Å². The fourth-order valence-electron chi connectivity index (χ4n) is 1.94. The van der Waals surface area contributed by atoms with Gasteiger partial charge in [-0.2, -0.15) is 0 Å². The number of hydrogen-bond acceptors (Lipinski definition) is 6. The molecule has 134 valence electrons. The van der Waals surface area contributed by atoms with Gasteiger partial charge in [-0.15, -0.1) is 0 Å². The molecule has 1 rings (SSSR count). The lowest BCUT2D eigenvalue weighted by molar-refractivity contribution is -0.144. The molecule has 0 atom stereocenters. The van der Waals surface area contributed by atoms with Crippen LogP contribution in [0.1, 0.15) is 0 Å². The molecule has 2 amide bonds. The quantitative estimate of drug-likeness (QED) is 0.668. The lowest BCUT2D eigenvalue weighted by atomic mass is 10.2. The van der Waals surface area contributed by atoms with E-state index >= 15 is 0 Å². The number of amides is 2. The summed E-state index contributed by atoms with van der Waals surface area (Å²) in [5.41, 5.74) is 0.384. The molecule has 0 saturated carbocycles. The molecule has 0 aliphatic heterocycles. The summed E-state index contributed by atoms with van der Waals surface area (Å²) < 4.78 is 20.2. The van der Waals surface area contributed by atoms with Gasteiger partial charge < -0.3 is 29.2 Å². The van der Waals surface area contributed by atoms with Crippen LogP contribution in [0.5, 0.6) is 11.5 Å². The fraction of sp³-hybridized carbons (Fsp3) is 0.500. The highest BCUT2D eigenvalue weighted by Gasteiger charge is 2.22. The van der Waals surface area contributed by atoms with E-state index in [0.29, 0.717) is 43.5 Å². The summed E-state index contributed by atoms with van der Waals surface area (Å²) in [6.07, 6.45) is 0. The van der Waals surface area contributed by atoms with Gasteiger partial charge in [0.05, 0.1) is 33.1 Å². The van der Waals surface area contributed by atoms with Crippen LogP contribution < -0.4 is 14.8 Å². The number of carbonyl (C=O) groups is 2. The third-order valence-electron chi connectivity index (χ3n) is 3.27. The number of ether oxygens (including phenoxy) is 4. The Morgan fingerprint density at radius 2 is 1.62 bits per heavy atom. The van der Waals surface area contributed by atoms with E-state index in [1.54, 1.807) is 18.2 Å². The summed E-state index contributed by atoms with van der Waals surface area (Å²) in [6, 6.07) is 4.89. The Morgan fingerprint density at radius 3 is 2.12 bits per heavy atom. The number of hydrogen-bond donors (Lipinski definition) is 1. The summed E-state index contributed by atoms with van der Waals surface area (Å²) in [7, 11) is 6.05. The Morgan fingerprint density at radius 1 is 1.00 bits per heavy atom. The van der Waals surface area contributed by atoms with Gasteiger partial charge in [-0.05, 0) is 12.1 Å². The molecule has 0 aliphatic carbocycles.